The molecule has 3 fully saturated rings. The van der Waals surface area contributed by atoms with Gasteiger partial charge in [-0.1, -0.05) is 18.2 Å². The molecule has 4 rings (SSSR count). The molecule has 3 aliphatic heterocycles. The van der Waals surface area contributed by atoms with Gasteiger partial charge in [0, 0.05) is 62.6 Å². The number of amides is 4. The summed E-state index contributed by atoms with van der Waals surface area (Å²) in [5.74, 6) is -2.57. The van der Waals surface area contributed by atoms with Crippen LogP contribution < -0.4 is 10.6 Å². The van der Waals surface area contributed by atoms with Crippen molar-refractivity contribution in [2.75, 3.05) is 6.54 Å². The van der Waals surface area contributed by atoms with E-state index in [-0.39, 0.29) is 75.8 Å². The van der Waals surface area contributed by atoms with Crippen LogP contribution in [0.2, 0.25) is 0 Å². The number of nitrogens with zero attached hydrogens (tertiary/aromatic N) is 2. The van der Waals surface area contributed by atoms with Gasteiger partial charge in [-0.15, -0.1) is 0 Å². The van der Waals surface area contributed by atoms with E-state index in [9.17, 15) is 29.1 Å². The molecule has 4 atom stereocenters. The van der Waals surface area contributed by atoms with Crippen LogP contribution in [0.25, 0.3) is 0 Å². The minimum atomic E-state index is -1.47. The summed E-state index contributed by atoms with van der Waals surface area (Å²) in [7, 11) is 0. The minimum Gasteiger partial charge on any atom is -0.434 e. The topological polar surface area (TPSA) is 145 Å². The van der Waals surface area contributed by atoms with Crippen molar-refractivity contribution in [2.24, 2.45) is 0 Å². The number of fused-ring (bicyclic) bond motifs is 1. The molecular weight excluding hydrogens is 647 g/mol. The summed E-state index contributed by atoms with van der Waals surface area (Å²) >= 11 is 0. The molecule has 3 N–H and O–H groups in total. The van der Waals surface area contributed by atoms with Crippen molar-refractivity contribution in [2.45, 2.75) is 56.5 Å². The summed E-state index contributed by atoms with van der Waals surface area (Å²) in [5, 5.41) is 17.4. The standard InChI is InChI=1S/C21H24N4O7.Ac/c26-16-9-8-13(22-18(28)12-5-2-1-3-6-12)20(30)25-15(7-4-10-24(16)25)19(29)23-14-11-17(27)32-21(14)31;/h1-3,5-6,13-15,21,31H,4,7-11H2,(H,22,28)(H,23,29);/t13-,14?,15-,21?;/m0./s1. The Morgan fingerprint density at radius 1 is 1.06 bits per heavy atom. The molecule has 0 aromatic heterocycles. The van der Waals surface area contributed by atoms with E-state index in [0.717, 1.165) is 5.01 Å². The van der Waals surface area contributed by atoms with Crippen LogP contribution >= 0.6 is 0 Å². The van der Waals surface area contributed by atoms with Crippen LogP contribution in [0.4, 0.5) is 0 Å². The first-order valence-electron chi connectivity index (χ1n) is 10.5. The van der Waals surface area contributed by atoms with Crippen molar-refractivity contribution in [1.82, 2.24) is 20.7 Å². The summed E-state index contributed by atoms with van der Waals surface area (Å²) in [6.07, 6.45) is -0.714. The number of benzene rings is 1. The van der Waals surface area contributed by atoms with Crippen molar-refractivity contribution in [3.8, 4) is 0 Å². The number of cyclic esters (lactones) is 1. The van der Waals surface area contributed by atoms with E-state index in [1.807, 2.05) is 0 Å². The average molecular weight is 671 g/mol. The molecule has 1 radical (unpaired) electrons. The van der Waals surface area contributed by atoms with Gasteiger partial charge in [0.1, 0.15) is 18.1 Å². The Kier molecular flexibility index (Phi) is 8.48. The summed E-state index contributed by atoms with van der Waals surface area (Å²) in [5.41, 5.74) is 0.376. The number of hydrazine groups is 1. The quantitative estimate of drug-likeness (QED) is 0.351. The molecule has 11 nitrogen and oxygen atoms in total. The predicted octanol–water partition coefficient (Wildman–Crippen LogP) is -0.936. The molecule has 0 bridgehead atoms. The van der Waals surface area contributed by atoms with Crippen LogP contribution in [-0.4, -0.2) is 75.7 Å². The third-order valence-electron chi connectivity index (χ3n) is 5.82. The van der Waals surface area contributed by atoms with Gasteiger partial charge in [-0.25, -0.2) is 5.01 Å². The molecule has 0 spiro atoms. The molecule has 4 amide bonds. The van der Waals surface area contributed by atoms with Crippen molar-refractivity contribution in [3.05, 3.63) is 35.9 Å². The second-order valence-electron chi connectivity index (χ2n) is 7.99. The number of hydrogen-bond donors (Lipinski definition) is 3. The van der Waals surface area contributed by atoms with E-state index in [0.29, 0.717) is 18.4 Å². The van der Waals surface area contributed by atoms with Gasteiger partial charge >= 0.3 is 5.97 Å². The Hall–Kier alpha value is -2.03. The fraction of sp³-hybridized carbons (Fsp3) is 0.476. The van der Waals surface area contributed by atoms with Gasteiger partial charge in [-0.2, -0.15) is 0 Å². The maximum Gasteiger partial charge on any atom is 0.310 e. The molecule has 1 aromatic rings. The van der Waals surface area contributed by atoms with Crippen LogP contribution in [0, 0.1) is 44.1 Å². The Labute approximate surface area is 225 Å². The van der Waals surface area contributed by atoms with Gasteiger partial charge < -0.3 is 20.5 Å². The second-order valence-corrected chi connectivity index (χ2v) is 7.99. The smallest absolute Gasteiger partial charge is 0.310 e. The van der Waals surface area contributed by atoms with E-state index in [1.165, 1.54) is 5.01 Å². The monoisotopic (exact) mass is 671 g/mol. The van der Waals surface area contributed by atoms with Gasteiger partial charge in [0.15, 0.2) is 0 Å². The Balaban J connectivity index is 0.00000306. The van der Waals surface area contributed by atoms with Crippen LogP contribution in [0.5, 0.6) is 0 Å². The number of aliphatic hydroxyl groups excluding tert-OH is 1. The van der Waals surface area contributed by atoms with E-state index < -0.39 is 48.1 Å². The van der Waals surface area contributed by atoms with Crippen LogP contribution in [-0.2, 0) is 23.9 Å². The molecule has 0 saturated carbocycles. The van der Waals surface area contributed by atoms with Gasteiger partial charge in [0.25, 0.3) is 11.8 Å². The molecule has 12 heteroatoms. The third kappa shape index (κ3) is 5.56. The molecule has 0 aliphatic carbocycles. The Morgan fingerprint density at radius 2 is 1.79 bits per heavy atom. The van der Waals surface area contributed by atoms with Crippen LogP contribution in [0.1, 0.15) is 42.5 Å². The number of rotatable bonds is 4. The van der Waals surface area contributed by atoms with Crippen molar-refractivity contribution >= 4 is 29.6 Å². The Morgan fingerprint density at radius 3 is 2.45 bits per heavy atom. The molecule has 3 heterocycles. The number of carbonyl (C=O) groups is 5. The fourth-order valence-corrected chi connectivity index (χ4v) is 4.18. The van der Waals surface area contributed by atoms with Crippen molar-refractivity contribution in [1.29, 1.82) is 0 Å². The summed E-state index contributed by atoms with van der Waals surface area (Å²) in [6, 6.07) is 5.46. The molecule has 1 aromatic carbocycles. The number of aliphatic hydroxyl groups is 1. The van der Waals surface area contributed by atoms with Crippen LogP contribution in [0.15, 0.2) is 30.3 Å². The van der Waals surface area contributed by atoms with E-state index in [1.54, 1.807) is 30.3 Å². The molecule has 3 saturated heterocycles. The largest absolute Gasteiger partial charge is 0.434 e. The van der Waals surface area contributed by atoms with E-state index >= 15 is 0 Å². The van der Waals surface area contributed by atoms with E-state index in [2.05, 4.69) is 15.4 Å². The van der Waals surface area contributed by atoms with E-state index in [4.69, 9.17) is 0 Å². The second kappa shape index (κ2) is 10.9. The van der Waals surface area contributed by atoms with Crippen molar-refractivity contribution < 1.29 is 77.9 Å². The zero-order valence-corrected chi connectivity index (χ0v) is 22.6. The number of ether oxygens (including phenoxy) is 1. The van der Waals surface area contributed by atoms with Gasteiger partial charge in [-0.3, -0.25) is 29.0 Å². The number of nitrogens with one attached hydrogen (secondary N) is 2. The zero-order valence-electron chi connectivity index (χ0n) is 17.8. The molecule has 3 aliphatic rings. The summed E-state index contributed by atoms with van der Waals surface area (Å²) in [4.78, 5) is 63.0. The summed E-state index contributed by atoms with van der Waals surface area (Å²) in [6.45, 7) is 0.279. The molecule has 173 valence electrons. The fourth-order valence-electron chi connectivity index (χ4n) is 4.18. The molecule has 2 unspecified atom stereocenters. The normalized spacial score (nSPS) is 27.1. The maximum absolute atomic E-state index is 13.4. The third-order valence-corrected chi connectivity index (χ3v) is 5.82. The van der Waals surface area contributed by atoms with Crippen molar-refractivity contribution in [3.63, 3.8) is 0 Å². The maximum atomic E-state index is 13.4. The number of carbonyl (C=O) groups excluding carboxylic acids is 5. The average Bonchev–Trinajstić information content (AvgIpc) is 3.05. The summed E-state index contributed by atoms with van der Waals surface area (Å²) < 4.78 is 4.64. The first kappa shape index (κ1) is 25.6. The van der Waals surface area contributed by atoms with Gasteiger partial charge in [0.05, 0.1) is 6.42 Å². The molecule has 33 heavy (non-hydrogen) atoms. The first-order valence-corrected chi connectivity index (χ1v) is 10.5. The number of hydrogen-bond acceptors (Lipinski definition) is 7. The predicted molar refractivity (Wildman–Crippen MR) is 107 cm³/mol. The molecular formula is C21H24AcN4O7. The number of esters is 1. The van der Waals surface area contributed by atoms with Crippen LogP contribution in [0.3, 0.4) is 0 Å². The van der Waals surface area contributed by atoms with Gasteiger partial charge in [-0.05, 0) is 31.4 Å². The van der Waals surface area contributed by atoms with Gasteiger partial charge in [0.2, 0.25) is 18.1 Å². The Bertz CT molecular complexity index is 944. The first-order chi connectivity index (χ1) is 15.3. The minimum absolute atomic E-state index is 0. The zero-order chi connectivity index (χ0) is 22.8. The SMILES string of the molecule is O=C1CC(NC(=O)[C@@H]2CCCN3C(=O)CC[C@H](NC(=O)c4ccccc4)C(=O)N23)C(O)O1.[Ac].